The van der Waals surface area contributed by atoms with Gasteiger partial charge >= 0.3 is 0 Å². The average molecular weight is 335 g/mol. The highest BCUT2D eigenvalue weighted by atomic mass is 19.1. The maximum Gasteiger partial charge on any atom is 0.139 e. The minimum absolute atomic E-state index is 0.0486. The van der Waals surface area contributed by atoms with E-state index in [4.69, 9.17) is 15.2 Å². The molecule has 25 heavy (non-hydrogen) atoms. The lowest BCUT2D eigenvalue weighted by atomic mass is 10.1. The first-order chi connectivity index (χ1) is 12.2. The predicted octanol–water partition coefficient (Wildman–Crippen LogP) is 4.62. The van der Waals surface area contributed by atoms with Crippen LogP contribution >= 0.6 is 0 Å². The standard InChI is InChI=1S/C21H18FNO2/c22-15-5-7-16(8-6-15)24-17-9-11-18(12-10-17)25-21-19-4-2-1-3-14(19)13-20(21)23/h1-12,20-21H,13,23H2/t20-,21+/m0/s1. The first-order valence-corrected chi connectivity index (χ1v) is 8.22. The average Bonchev–Trinajstić information content (AvgIpc) is 2.94. The number of benzene rings is 3. The summed E-state index contributed by atoms with van der Waals surface area (Å²) < 4.78 is 24.7. The summed E-state index contributed by atoms with van der Waals surface area (Å²) in [7, 11) is 0. The fourth-order valence-corrected chi connectivity index (χ4v) is 3.11. The minimum atomic E-state index is -0.288. The highest BCUT2D eigenvalue weighted by molar-refractivity contribution is 5.39. The third-order valence-electron chi connectivity index (χ3n) is 4.34. The Morgan fingerprint density at radius 3 is 2.12 bits per heavy atom. The van der Waals surface area contributed by atoms with Crippen LogP contribution in [-0.2, 0) is 6.42 Å². The Kier molecular flexibility index (Phi) is 4.12. The maximum absolute atomic E-state index is 12.9. The van der Waals surface area contributed by atoms with Crippen LogP contribution in [0.25, 0.3) is 0 Å². The molecular weight excluding hydrogens is 317 g/mol. The number of rotatable bonds is 4. The van der Waals surface area contributed by atoms with Crippen LogP contribution in [0.2, 0.25) is 0 Å². The van der Waals surface area contributed by atoms with Gasteiger partial charge in [-0.15, -0.1) is 0 Å². The molecule has 0 heterocycles. The lowest BCUT2D eigenvalue weighted by Crippen LogP contribution is -2.28. The topological polar surface area (TPSA) is 44.5 Å². The monoisotopic (exact) mass is 335 g/mol. The molecule has 0 radical (unpaired) electrons. The number of hydrogen-bond acceptors (Lipinski definition) is 3. The number of ether oxygens (including phenoxy) is 2. The number of fused-ring (bicyclic) bond motifs is 1. The molecule has 3 aromatic rings. The molecule has 0 saturated carbocycles. The van der Waals surface area contributed by atoms with Crippen molar-refractivity contribution in [2.24, 2.45) is 5.73 Å². The predicted molar refractivity (Wildman–Crippen MR) is 94.4 cm³/mol. The van der Waals surface area contributed by atoms with E-state index in [1.54, 1.807) is 12.1 Å². The molecule has 1 aliphatic rings. The normalized spacial score (nSPS) is 18.6. The minimum Gasteiger partial charge on any atom is -0.484 e. The van der Waals surface area contributed by atoms with Gasteiger partial charge in [-0.25, -0.2) is 4.39 Å². The van der Waals surface area contributed by atoms with Crippen molar-refractivity contribution in [2.45, 2.75) is 18.6 Å². The molecule has 0 aliphatic heterocycles. The van der Waals surface area contributed by atoms with Crippen LogP contribution in [0.4, 0.5) is 4.39 Å². The molecule has 0 fully saturated rings. The molecular formula is C21H18FNO2. The molecule has 0 spiro atoms. The molecule has 0 amide bonds. The van der Waals surface area contributed by atoms with Crippen molar-refractivity contribution in [3.8, 4) is 17.2 Å². The maximum atomic E-state index is 12.9. The Morgan fingerprint density at radius 2 is 1.40 bits per heavy atom. The molecule has 2 atom stereocenters. The van der Waals surface area contributed by atoms with E-state index in [9.17, 15) is 4.39 Å². The van der Waals surface area contributed by atoms with Gasteiger partial charge in [-0.2, -0.15) is 0 Å². The van der Waals surface area contributed by atoms with Gasteiger partial charge in [-0.05, 0) is 66.1 Å². The summed E-state index contributed by atoms with van der Waals surface area (Å²) in [6, 6.07) is 21.4. The molecule has 0 unspecified atom stereocenters. The Hall–Kier alpha value is -2.85. The van der Waals surface area contributed by atoms with Crippen molar-refractivity contribution in [2.75, 3.05) is 0 Å². The summed E-state index contributed by atoms with van der Waals surface area (Å²) in [6.07, 6.45) is 0.687. The van der Waals surface area contributed by atoms with Gasteiger partial charge in [-0.1, -0.05) is 24.3 Å². The van der Waals surface area contributed by atoms with E-state index < -0.39 is 0 Å². The zero-order valence-corrected chi connectivity index (χ0v) is 13.6. The van der Waals surface area contributed by atoms with Crippen molar-refractivity contribution < 1.29 is 13.9 Å². The van der Waals surface area contributed by atoms with Gasteiger partial charge < -0.3 is 15.2 Å². The van der Waals surface area contributed by atoms with Crippen LogP contribution in [0.1, 0.15) is 17.2 Å². The van der Waals surface area contributed by atoms with E-state index in [0.717, 1.165) is 17.7 Å². The fourth-order valence-electron chi connectivity index (χ4n) is 3.11. The summed E-state index contributed by atoms with van der Waals surface area (Å²) in [5, 5.41) is 0. The molecule has 3 nitrogen and oxygen atoms in total. The van der Waals surface area contributed by atoms with E-state index in [0.29, 0.717) is 11.5 Å². The van der Waals surface area contributed by atoms with Crippen LogP contribution in [0.15, 0.2) is 72.8 Å². The van der Waals surface area contributed by atoms with Crippen LogP contribution in [-0.4, -0.2) is 6.04 Å². The smallest absolute Gasteiger partial charge is 0.139 e. The largest absolute Gasteiger partial charge is 0.484 e. The molecule has 2 N–H and O–H groups in total. The van der Waals surface area contributed by atoms with Crippen molar-refractivity contribution >= 4 is 0 Å². The number of nitrogens with two attached hydrogens (primary N) is 1. The molecule has 0 bridgehead atoms. The second-order valence-electron chi connectivity index (χ2n) is 6.13. The zero-order valence-electron chi connectivity index (χ0n) is 13.6. The summed E-state index contributed by atoms with van der Waals surface area (Å²) in [5.74, 6) is 1.70. The van der Waals surface area contributed by atoms with E-state index in [1.807, 2.05) is 36.4 Å². The highest BCUT2D eigenvalue weighted by Crippen LogP contribution is 2.35. The van der Waals surface area contributed by atoms with Gasteiger partial charge in [0.2, 0.25) is 0 Å². The Bertz CT molecular complexity index is 862. The Labute approximate surface area is 145 Å². The quantitative estimate of drug-likeness (QED) is 0.756. The third-order valence-corrected chi connectivity index (χ3v) is 4.34. The molecule has 4 heteroatoms. The fraction of sp³-hybridized carbons (Fsp3) is 0.143. The van der Waals surface area contributed by atoms with Crippen LogP contribution in [0.5, 0.6) is 17.2 Å². The second kappa shape index (κ2) is 6.57. The molecule has 1 aliphatic carbocycles. The lowest BCUT2D eigenvalue weighted by molar-refractivity contribution is 0.186. The van der Waals surface area contributed by atoms with E-state index in [-0.39, 0.29) is 18.0 Å². The SMILES string of the molecule is N[C@H]1Cc2ccccc2[C@H]1Oc1ccc(Oc2ccc(F)cc2)cc1. The molecule has 0 saturated heterocycles. The van der Waals surface area contributed by atoms with Gasteiger partial charge in [0.05, 0.1) is 0 Å². The first-order valence-electron chi connectivity index (χ1n) is 8.22. The van der Waals surface area contributed by atoms with Crippen molar-refractivity contribution in [1.29, 1.82) is 0 Å². The van der Waals surface area contributed by atoms with E-state index >= 15 is 0 Å². The van der Waals surface area contributed by atoms with Gasteiger partial charge in [0, 0.05) is 6.04 Å². The zero-order chi connectivity index (χ0) is 17.2. The van der Waals surface area contributed by atoms with E-state index in [2.05, 4.69) is 12.1 Å². The highest BCUT2D eigenvalue weighted by Gasteiger charge is 2.31. The van der Waals surface area contributed by atoms with Crippen molar-refractivity contribution in [3.63, 3.8) is 0 Å². The van der Waals surface area contributed by atoms with Crippen LogP contribution in [0.3, 0.4) is 0 Å². The van der Waals surface area contributed by atoms with Crippen LogP contribution < -0.4 is 15.2 Å². The van der Waals surface area contributed by atoms with Gasteiger partial charge in [-0.3, -0.25) is 0 Å². The van der Waals surface area contributed by atoms with Gasteiger partial charge in [0.15, 0.2) is 0 Å². The first kappa shape index (κ1) is 15.7. The van der Waals surface area contributed by atoms with Gasteiger partial charge in [0.1, 0.15) is 29.2 Å². The second-order valence-corrected chi connectivity index (χ2v) is 6.13. The van der Waals surface area contributed by atoms with Crippen LogP contribution in [0, 0.1) is 5.82 Å². The molecule has 3 aromatic carbocycles. The molecule has 0 aromatic heterocycles. The molecule has 126 valence electrons. The third kappa shape index (κ3) is 3.35. The summed E-state index contributed by atoms with van der Waals surface area (Å²) in [4.78, 5) is 0. The lowest BCUT2D eigenvalue weighted by Gasteiger charge is -2.19. The van der Waals surface area contributed by atoms with Crippen molar-refractivity contribution in [1.82, 2.24) is 0 Å². The van der Waals surface area contributed by atoms with E-state index in [1.165, 1.54) is 17.7 Å². The number of hydrogen-bond donors (Lipinski definition) is 1. The van der Waals surface area contributed by atoms with Gasteiger partial charge in [0.25, 0.3) is 0 Å². The summed E-state index contributed by atoms with van der Waals surface area (Å²) in [5.41, 5.74) is 8.64. The summed E-state index contributed by atoms with van der Waals surface area (Å²) >= 11 is 0. The Balaban J connectivity index is 1.46. The Morgan fingerprint density at radius 1 is 0.800 bits per heavy atom. The summed E-state index contributed by atoms with van der Waals surface area (Å²) in [6.45, 7) is 0. The van der Waals surface area contributed by atoms with Crippen molar-refractivity contribution in [3.05, 3.63) is 89.7 Å². The number of halogens is 1. The molecule has 4 rings (SSSR count).